The minimum atomic E-state index is 0.715. The van der Waals surface area contributed by atoms with E-state index in [-0.39, 0.29) is 0 Å². The number of anilines is 1. The fraction of sp³-hybridized carbons (Fsp3) is 0.417. The summed E-state index contributed by atoms with van der Waals surface area (Å²) in [7, 11) is 0. The van der Waals surface area contributed by atoms with Crippen LogP contribution < -0.4 is 5.73 Å². The second kappa shape index (κ2) is 4.53. The minimum Gasteiger partial charge on any atom is -0.399 e. The topological polar surface area (TPSA) is 53.1 Å². The molecule has 0 saturated carbocycles. The van der Waals surface area contributed by atoms with Crippen LogP contribution >= 0.6 is 0 Å². The predicted molar refractivity (Wildman–Crippen MR) is 65.4 cm³/mol. The molecule has 0 unspecified atom stereocenters. The fourth-order valence-corrected chi connectivity index (χ4v) is 1.85. The maximum Gasteiger partial charge on any atom is 0.106 e. The van der Waals surface area contributed by atoms with Crippen molar-refractivity contribution in [3.05, 3.63) is 24.0 Å². The maximum atomic E-state index is 5.73. The van der Waals surface area contributed by atoms with Crippen LogP contribution in [0.3, 0.4) is 0 Å². The molecule has 0 saturated heterocycles. The molecule has 0 aliphatic carbocycles. The second-order valence-electron chi connectivity index (χ2n) is 3.76. The summed E-state index contributed by atoms with van der Waals surface area (Å²) in [5, 5.41) is 0. The number of nitrogens with zero attached hydrogens (tertiary/aromatic N) is 2. The van der Waals surface area contributed by atoms with E-state index in [4.69, 9.17) is 10.5 Å². The van der Waals surface area contributed by atoms with Gasteiger partial charge in [-0.25, -0.2) is 4.98 Å². The SMILES string of the molecule is CCOCCn1c(C)nc2cc(N)ccc21. The molecule has 4 nitrogen and oxygen atoms in total. The van der Waals surface area contributed by atoms with Gasteiger partial charge in [0, 0.05) is 18.8 Å². The molecular weight excluding hydrogens is 202 g/mol. The first-order chi connectivity index (χ1) is 7.72. The summed E-state index contributed by atoms with van der Waals surface area (Å²) in [4.78, 5) is 4.48. The van der Waals surface area contributed by atoms with Crippen molar-refractivity contribution in [2.24, 2.45) is 0 Å². The van der Waals surface area contributed by atoms with Crippen LogP contribution in [0.25, 0.3) is 11.0 Å². The third-order valence-electron chi connectivity index (χ3n) is 2.63. The highest BCUT2D eigenvalue weighted by atomic mass is 16.5. The molecule has 1 heterocycles. The van der Waals surface area contributed by atoms with Gasteiger partial charge in [-0.05, 0) is 32.0 Å². The number of rotatable bonds is 4. The number of aromatic nitrogens is 2. The van der Waals surface area contributed by atoms with E-state index in [2.05, 4.69) is 9.55 Å². The lowest BCUT2D eigenvalue weighted by molar-refractivity contribution is 0.139. The van der Waals surface area contributed by atoms with E-state index in [1.807, 2.05) is 32.0 Å². The normalized spacial score (nSPS) is 11.1. The van der Waals surface area contributed by atoms with Gasteiger partial charge in [0.15, 0.2) is 0 Å². The van der Waals surface area contributed by atoms with Crippen molar-refractivity contribution >= 4 is 16.7 Å². The van der Waals surface area contributed by atoms with Gasteiger partial charge in [-0.1, -0.05) is 0 Å². The van der Waals surface area contributed by atoms with Crippen molar-refractivity contribution in [2.75, 3.05) is 18.9 Å². The van der Waals surface area contributed by atoms with E-state index in [1.54, 1.807) is 0 Å². The average Bonchev–Trinajstić information content (AvgIpc) is 2.55. The molecule has 16 heavy (non-hydrogen) atoms. The minimum absolute atomic E-state index is 0.715. The molecule has 2 N–H and O–H groups in total. The lowest BCUT2D eigenvalue weighted by Crippen LogP contribution is -2.07. The Bertz CT molecular complexity index is 490. The molecule has 0 aliphatic rings. The molecule has 0 atom stereocenters. The lowest BCUT2D eigenvalue weighted by Gasteiger charge is -2.06. The van der Waals surface area contributed by atoms with Crippen molar-refractivity contribution in [3.63, 3.8) is 0 Å². The Morgan fingerprint density at radius 3 is 3.00 bits per heavy atom. The summed E-state index contributed by atoms with van der Waals surface area (Å²) in [5.74, 6) is 1.00. The summed E-state index contributed by atoms with van der Waals surface area (Å²) >= 11 is 0. The van der Waals surface area contributed by atoms with E-state index in [0.717, 1.165) is 35.7 Å². The molecule has 2 aromatic rings. The first-order valence-corrected chi connectivity index (χ1v) is 5.52. The van der Waals surface area contributed by atoms with Gasteiger partial charge < -0.3 is 15.0 Å². The maximum absolute atomic E-state index is 5.73. The Balaban J connectivity index is 2.32. The number of hydrogen-bond acceptors (Lipinski definition) is 3. The van der Waals surface area contributed by atoms with E-state index in [9.17, 15) is 0 Å². The van der Waals surface area contributed by atoms with Gasteiger partial charge in [0.1, 0.15) is 5.82 Å². The summed E-state index contributed by atoms with van der Waals surface area (Å²) in [6.45, 7) is 6.30. The smallest absolute Gasteiger partial charge is 0.106 e. The van der Waals surface area contributed by atoms with Crippen LogP contribution in [-0.4, -0.2) is 22.8 Å². The van der Waals surface area contributed by atoms with Gasteiger partial charge in [-0.15, -0.1) is 0 Å². The van der Waals surface area contributed by atoms with Crippen LogP contribution in [-0.2, 0) is 11.3 Å². The highest BCUT2D eigenvalue weighted by molar-refractivity contribution is 5.79. The zero-order valence-electron chi connectivity index (χ0n) is 9.73. The molecule has 2 rings (SSSR count). The summed E-state index contributed by atoms with van der Waals surface area (Å²) < 4.78 is 7.52. The molecule has 0 radical (unpaired) electrons. The Hall–Kier alpha value is -1.55. The van der Waals surface area contributed by atoms with Gasteiger partial charge in [0.25, 0.3) is 0 Å². The van der Waals surface area contributed by atoms with Crippen molar-refractivity contribution in [1.29, 1.82) is 0 Å². The Morgan fingerprint density at radius 1 is 1.44 bits per heavy atom. The monoisotopic (exact) mass is 219 g/mol. The van der Waals surface area contributed by atoms with Crippen LogP contribution in [0.15, 0.2) is 18.2 Å². The van der Waals surface area contributed by atoms with Crippen LogP contribution in [0.4, 0.5) is 5.69 Å². The van der Waals surface area contributed by atoms with Gasteiger partial charge >= 0.3 is 0 Å². The third-order valence-corrected chi connectivity index (χ3v) is 2.63. The largest absolute Gasteiger partial charge is 0.399 e. The predicted octanol–water partition coefficient (Wildman–Crippen LogP) is 1.96. The zero-order chi connectivity index (χ0) is 11.5. The van der Waals surface area contributed by atoms with Crippen molar-refractivity contribution in [3.8, 4) is 0 Å². The van der Waals surface area contributed by atoms with E-state index in [1.165, 1.54) is 0 Å². The fourth-order valence-electron chi connectivity index (χ4n) is 1.85. The number of fused-ring (bicyclic) bond motifs is 1. The molecule has 0 bridgehead atoms. The molecule has 1 aromatic heterocycles. The Kier molecular flexibility index (Phi) is 3.10. The first-order valence-electron chi connectivity index (χ1n) is 5.52. The Morgan fingerprint density at radius 2 is 2.25 bits per heavy atom. The zero-order valence-corrected chi connectivity index (χ0v) is 9.73. The van der Waals surface area contributed by atoms with Crippen LogP contribution in [0.5, 0.6) is 0 Å². The molecule has 1 aromatic carbocycles. The molecule has 0 fully saturated rings. The molecule has 86 valence electrons. The highest BCUT2D eigenvalue weighted by Crippen LogP contribution is 2.18. The number of aryl methyl sites for hydroxylation is 1. The van der Waals surface area contributed by atoms with Gasteiger partial charge in [0.2, 0.25) is 0 Å². The number of benzene rings is 1. The Labute approximate surface area is 95.0 Å². The molecule has 0 amide bonds. The molecule has 0 spiro atoms. The van der Waals surface area contributed by atoms with Gasteiger partial charge in [0.05, 0.1) is 17.6 Å². The third kappa shape index (κ3) is 2.02. The number of hydrogen-bond donors (Lipinski definition) is 1. The average molecular weight is 219 g/mol. The molecular formula is C12H17N3O. The van der Waals surface area contributed by atoms with Crippen molar-refractivity contribution in [1.82, 2.24) is 9.55 Å². The molecule has 4 heteroatoms. The number of nitrogens with two attached hydrogens (primary N) is 1. The van der Waals surface area contributed by atoms with Crippen LogP contribution in [0.2, 0.25) is 0 Å². The lowest BCUT2D eigenvalue weighted by atomic mass is 10.3. The van der Waals surface area contributed by atoms with Crippen molar-refractivity contribution < 1.29 is 4.74 Å². The van der Waals surface area contributed by atoms with Crippen LogP contribution in [0, 0.1) is 6.92 Å². The first kappa shape index (κ1) is 11.0. The van der Waals surface area contributed by atoms with Gasteiger partial charge in [-0.2, -0.15) is 0 Å². The summed E-state index contributed by atoms with van der Waals surface area (Å²) in [6, 6.07) is 5.82. The number of nitrogen functional groups attached to an aromatic ring is 1. The van der Waals surface area contributed by atoms with Crippen molar-refractivity contribution in [2.45, 2.75) is 20.4 Å². The number of ether oxygens (including phenoxy) is 1. The van der Waals surface area contributed by atoms with Gasteiger partial charge in [-0.3, -0.25) is 0 Å². The highest BCUT2D eigenvalue weighted by Gasteiger charge is 2.06. The number of imidazole rings is 1. The molecule has 0 aliphatic heterocycles. The van der Waals surface area contributed by atoms with Crippen LogP contribution in [0.1, 0.15) is 12.7 Å². The summed E-state index contributed by atoms with van der Waals surface area (Å²) in [5.41, 5.74) is 8.55. The van der Waals surface area contributed by atoms with E-state index in [0.29, 0.717) is 6.61 Å². The summed E-state index contributed by atoms with van der Waals surface area (Å²) in [6.07, 6.45) is 0. The second-order valence-corrected chi connectivity index (χ2v) is 3.76. The van der Waals surface area contributed by atoms with E-state index < -0.39 is 0 Å². The van der Waals surface area contributed by atoms with E-state index >= 15 is 0 Å². The standard InChI is InChI=1S/C12H17N3O/c1-3-16-7-6-15-9(2)14-11-8-10(13)4-5-12(11)15/h4-5,8H,3,6-7,13H2,1-2H3. The quantitative estimate of drug-likeness (QED) is 0.631.